The molecule has 7 heteroatoms. The van der Waals surface area contributed by atoms with Crippen molar-refractivity contribution in [2.24, 2.45) is 0 Å². The summed E-state index contributed by atoms with van der Waals surface area (Å²) in [7, 11) is 0. The van der Waals surface area contributed by atoms with Gasteiger partial charge in [-0.25, -0.2) is 4.79 Å². The zero-order chi connectivity index (χ0) is 27.6. The number of β-lactam (4-membered cyclic amide) rings is 1. The number of cyclic esters (lactones) is 1. The van der Waals surface area contributed by atoms with Crippen molar-refractivity contribution >= 4 is 24.0 Å². The van der Waals surface area contributed by atoms with Gasteiger partial charge in [0, 0.05) is 0 Å². The van der Waals surface area contributed by atoms with E-state index < -0.39 is 41.9 Å². The maximum absolute atomic E-state index is 13.7. The molecule has 2 saturated heterocycles. The summed E-state index contributed by atoms with van der Waals surface area (Å²) in [5, 5.41) is 0. The molecule has 3 aromatic carbocycles. The number of amides is 2. The molecule has 0 N–H and O–H groups in total. The standard InChI is InChI=1S/C32H32N2O5/c1-32(2,3)39-26(35)21-33-25(20-19-22-13-7-4-8-14-22)28(30(33)36)34-27(23-15-9-5-10-16-23)29(38-31(34)37)24-17-11-6-12-18-24/h4-20,25,27-29H,21H2,1-3H3/b20-19+/t25-,27+,28+,29-/m1/s1. The second kappa shape index (κ2) is 10.8. The normalized spacial score (nSPS) is 23.1. The molecule has 2 aliphatic heterocycles. The summed E-state index contributed by atoms with van der Waals surface area (Å²) in [6.45, 7) is 5.14. The van der Waals surface area contributed by atoms with Gasteiger partial charge in [-0.3, -0.25) is 14.5 Å². The first kappa shape index (κ1) is 26.2. The highest BCUT2D eigenvalue weighted by atomic mass is 16.6. The van der Waals surface area contributed by atoms with Crippen molar-refractivity contribution in [1.29, 1.82) is 0 Å². The Labute approximate surface area is 228 Å². The number of benzene rings is 3. The number of nitrogens with zero attached hydrogens (tertiary/aromatic N) is 2. The zero-order valence-corrected chi connectivity index (χ0v) is 22.3. The summed E-state index contributed by atoms with van der Waals surface area (Å²) in [6.07, 6.45) is 2.62. The number of carbonyl (C=O) groups excluding carboxylic acids is 3. The van der Waals surface area contributed by atoms with Crippen molar-refractivity contribution in [3.05, 3.63) is 114 Å². The largest absolute Gasteiger partial charge is 0.459 e. The highest BCUT2D eigenvalue weighted by Crippen LogP contribution is 2.47. The van der Waals surface area contributed by atoms with Crippen LogP contribution in [0.1, 0.15) is 49.6 Å². The van der Waals surface area contributed by atoms with E-state index in [4.69, 9.17) is 9.47 Å². The van der Waals surface area contributed by atoms with Gasteiger partial charge >= 0.3 is 12.1 Å². The van der Waals surface area contributed by atoms with Gasteiger partial charge in [-0.1, -0.05) is 103 Å². The second-order valence-electron chi connectivity index (χ2n) is 10.7. The maximum Gasteiger partial charge on any atom is 0.411 e. The van der Waals surface area contributed by atoms with Gasteiger partial charge in [0.05, 0.1) is 6.04 Å². The maximum atomic E-state index is 13.7. The fraction of sp³-hybridized carbons (Fsp3) is 0.281. The van der Waals surface area contributed by atoms with Gasteiger partial charge in [-0.15, -0.1) is 0 Å². The van der Waals surface area contributed by atoms with Crippen LogP contribution in [0.15, 0.2) is 97.1 Å². The first-order chi connectivity index (χ1) is 18.7. The lowest BCUT2D eigenvalue weighted by molar-refractivity contribution is -0.168. The van der Waals surface area contributed by atoms with Crippen LogP contribution in [0, 0.1) is 0 Å². The molecule has 2 heterocycles. The Balaban J connectivity index is 1.51. The van der Waals surface area contributed by atoms with E-state index in [0.717, 1.165) is 16.7 Å². The van der Waals surface area contributed by atoms with Crippen molar-refractivity contribution in [2.45, 2.75) is 50.6 Å². The van der Waals surface area contributed by atoms with Crippen molar-refractivity contribution in [1.82, 2.24) is 9.80 Å². The number of carbonyl (C=O) groups is 3. The second-order valence-corrected chi connectivity index (χ2v) is 10.7. The Morgan fingerprint density at radius 1 is 0.846 bits per heavy atom. The molecule has 2 amide bonds. The van der Waals surface area contributed by atoms with Crippen LogP contribution in [-0.2, 0) is 19.1 Å². The lowest BCUT2D eigenvalue weighted by atomic mass is 9.88. The van der Waals surface area contributed by atoms with Crippen LogP contribution in [0.5, 0.6) is 0 Å². The van der Waals surface area contributed by atoms with Gasteiger partial charge in [0.1, 0.15) is 24.2 Å². The third-order valence-corrected chi connectivity index (χ3v) is 6.82. The molecule has 0 unspecified atom stereocenters. The lowest BCUT2D eigenvalue weighted by Gasteiger charge is -2.49. The molecule has 0 bridgehead atoms. The summed E-state index contributed by atoms with van der Waals surface area (Å²) in [5.41, 5.74) is 1.97. The quantitative estimate of drug-likeness (QED) is 0.299. The monoisotopic (exact) mass is 524 g/mol. The predicted octanol–water partition coefficient (Wildman–Crippen LogP) is 5.56. The van der Waals surface area contributed by atoms with E-state index in [0.29, 0.717) is 0 Å². The van der Waals surface area contributed by atoms with Crippen LogP contribution >= 0.6 is 0 Å². The molecule has 200 valence electrons. The molecule has 39 heavy (non-hydrogen) atoms. The fourth-order valence-electron chi connectivity index (χ4n) is 5.17. The van der Waals surface area contributed by atoms with Crippen LogP contribution in [-0.4, -0.2) is 52.0 Å². The highest BCUT2D eigenvalue weighted by molar-refractivity contribution is 5.96. The van der Waals surface area contributed by atoms with Crippen molar-refractivity contribution in [3.63, 3.8) is 0 Å². The molecule has 0 radical (unpaired) electrons. The predicted molar refractivity (Wildman–Crippen MR) is 147 cm³/mol. The minimum Gasteiger partial charge on any atom is -0.459 e. The first-order valence-corrected chi connectivity index (χ1v) is 13.1. The van der Waals surface area contributed by atoms with E-state index in [2.05, 4.69) is 0 Å². The third-order valence-electron chi connectivity index (χ3n) is 6.82. The van der Waals surface area contributed by atoms with Crippen LogP contribution in [0.25, 0.3) is 6.08 Å². The molecular formula is C32H32N2O5. The Morgan fingerprint density at radius 3 is 2.00 bits per heavy atom. The van der Waals surface area contributed by atoms with Crippen LogP contribution < -0.4 is 0 Å². The van der Waals surface area contributed by atoms with Crippen molar-refractivity contribution < 1.29 is 23.9 Å². The summed E-state index contributed by atoms with van der Waals surface area (Å²) in [4.78, 5) is 42.8. The summed E-state index contributed by atoms with van der Waals surface area (Å²) in [5.74, 6) is -0.826. The van der Waals surface area contributed by atoms with E-state index in [1.165, 1.54) is 4.90 Å². The number of hydrogen-bond donors (Lipinski definition) is 0. The minimum atomic E-state index is -0.834. The van der Waals surface area contributed by atoms with E-state index in [1.807, 2.05) is 103 Å². The van der Waals surface area contributed by atoms with Gasteiger partial charge in [-0.2, -0.15) is 0 Å². The van der Waals surface area contributed by atoms with Crippen LogP contribution in [0.2, 0.25) is 0 Å². The number of ether oxygens (including phenoxy) is 2. The van der Waals surface area contributed by atoms with Gasteiger partial charge in [0.25, 0.3) is 0 Å². The summed E-state index contributed by atoms with van der Waals surface area (Å²) >= 11 is 0. The SMILES string of the molecule is CC(C)(C)OC(=O)CN1C(=O)[C@@H](N2C(=O)O[C@H](c3ccccc3)[C@@H]2c2ccccc2)[C@H]1/C=C/c1ccccc1. The molecule has 2 fully saturated rings. The molecule has 3 aromatic rings. The van der Waals surface area contributed by atoms with E-state index in [9.17, 15) is 14.4 Å². The third kappa shape index (κ3) is 5.58. The Kier molecular flexibility index (Phi) is 7.24. The number of hydrogen-bond acceptors (Lipinski definition) is 5. The van der Waals surface area contributed by atoms with Gasteiger partial charge in [0.2, 0.25) is 5.91 Å². The Bertz CT molecular complexity index is 1350. The number of esters is 1. The van der Waals surface area contributed by atoms with Gasteiger partial charge in [0.15, 0.2) is 6.10 Å². The molecule has 0 aromatic heterocycles. The summed E-state index contributed by atoms with van der Waals surface area (Å²) < 4.78 is 11.4. The smallest absolute Gasteiger partial charge is 0.411 e. The van der Waals surface area contributed by atoms with Crippen LogP contribution in [0.4, 0.5) is 4.79 Å². The van der Waals surface area contributed by atoms with Crippen molar-refractivity contribution in [3.8, 4) is 0 Å². The summed E-state index contributed by atoms with van der Waals surface area (Å²) in [6, 6.07) is 26.9. The zero-order valence-electron chi connectivity index (χ0n) is 22.3. The molecular weight excluding hydrogens is 492 g/mol. The van der Waals surface area contributed by atoms with Gasteiger partial charge in [-0.05, 0) is 37.5 Å². The molecule has 0 saturated carbocycles. The average Bonchev–Trinajstić information content (AvgIpc) is 3.26. The molecule has 0 aliphatic carbocycles. The van der Waals surface area contributed by atoms with Crippen LogP contribution in [0.3, 0.4) is 0 Å². The topological polar surface area (TPSA) is 76.2 Å². The first-order valence-electron chi connectivity index (χ1n) is 13.1. The van der Waals surface area contributed by atoms with E-state index in [1.54, 1.807) is 25.7 Å². The number of likely N-dealkylation sites (tertiary alicyclic amines) is 1. The molecule has 5 rings (SSSR count). The molecule has 2 aliphatic rings. The molecule has 0 spiro atoms. The molecule has 7 nitrogen and oxygen atoms in total. The Morgan fingerprint density at radius 2 is 1.41 bits per heavy atom. The average molecular weight is 525 g/mol. The van der Waals surface area contributed by atoms with E-state index in [-0.39, 0.29) is 12.5 Å². The van der Waals surface area contributed by atoms with Crippen molar-refractivity contribution in [2.75, 3.05) is 6.54 Å². The van der Waals surface area contributed by atoms with E-state index >= 15 is 0 Å². The fourth-order valence-corrected chi connectivity index (χ4v) is 5.17. The minimum absolute atomic E-state index is 0.211. The number of rotatable bonds is 7. The molecule has 4 atom stereocenters. The lowest BCUT2D eigenvalue weighted by Crippen LogP contribution is -2.71. The van der Waals surface area contributed by atoms with Gasteiger partial charge < -0.3 is 14.4 Å². The highest BCUT2D eigenvalue weighted by Gasteiger charge is 2.58. The Hall–Kier alpha value is -4.39.